The third-order valence-electron chi connectivity index (χ3n) is 5.34. The molecule has 3 nitrogen and oxygen atoms in total. The van der Waals surface area contributed by atoms with Crippen LogP contribution in [0.1, 0.15) is 10.4 Å². The van der Waals surface area contributed by atoms with Crippen LogP contribution in [0.25, 0.3) is 33.3 Å². The highest BCUT2D eigenvalue weighted by atomic mass is 35.5. The maximum absolute atomic E-state index is 12.7. The molecule has 5 aromatic rings. The van der Waals surface area contributed by atoms with Crippen LogP contribution in [-0.2, 0) is 0 Å². The van der Waals surface area contributed by atoms with E-state index in [-0.39, 0.29) is 5.91 Å². The topological polar surface area (TPSA) is 42.0 Å². The number of rotatable bonds is 4. The molecule has 4 aromatic carbocycles. The van der Waals surface area contributed by atoms with Gasteiger partial charge in [-0.05, 0) is 48.0 Å². The molecule has 4 heteroatoms. The van der Waals surface area contributed by atoms with Gasteiger partial charge < -0.3 is 5.32 Å². The second-order valence-corrected chi connectivity index (χ2v) is 7.92. The number of nitrogens with one attached hydrogen (secondary N) is 1. The average molecular weight is 435 g/mol. The van der Waals surface area contributed by atoms with E-state index in [1.807, 2.05) is 84.9 Å². The minimum Gasteiger partial charge on any atom is -0.321 e. The molecule has 32 heavy (non-hydrogen) atoms. The molecule has 5 rings (SSSR count). The Balaban J connectivity index is 1.56. The van der Waals surface area contributed by atoms with Gasteiger partial charge in [0.2, 0.25) is 0 Å². The zero-order valence-corrected chi connectivity index (χ0v) is 17.9. The van der Waals surface area contributed by atoms with E-state index in [1.165, 1.54) is 0 Å². The zero-order chi connectivity index (χ0) is 21.9. The largest absolute Gasteiger partial charge is 0.321 e. The van der Waals surface area contributed by atoms with Crippen LogP contribution in [0.5, 0.6) is 0 Å². The fourth-order valence-corrected chi connectivity index (χ4v) is 3.87. The van der Waals surface area contributed by atoms with E-state index in [0.29, 0.717) is 16.3 Å². The first-order valence-electron chi connectivity index (χ1n) is 10.3. The third-order valence-corrected chi connectivity index (χ3v) is 5.57. The lowest BCUT2D eigenvalue weighted by molar-refractivity contribution is 0.102. The molecule has 0 aliphatic heterocycles. The molecule has 0 saturated carbocycles. The Morgan fingerprint density at radius 2 is 1.44 bits per heavy atom. The molecule has 0 unspecified atom stereocenters. The molecule has 0 aliphatic rings. The average Bonchev–Trinajstić information content (AvgIpc) is 2.85. The minimum atomic E-state index is -0.167. The Morgan fingerprint density at radius 3 is 2.22 bits per heavy atom. The van der Waals surface area contributed by atoms with E-state index in [1.54, 1.807) is 18.2 Å². The van der Waals surface area contributed by atoms with Crippen molar-refractivity contribution < 1.29 is 4.79 Å². The first kappa shape index (κ1) is 20.0. The summed E-state index contributed by atoms with van der Waals surface area (Å²) in [4.78, 5) is 17.6. The van der Waals surface area contributed by atoms with Crippen LogP contribution in [-0.4, -0.2) is 10.9 Å². The predicted octanol–water partition coefficient (Wildman–Crippen LogP) is 7.47. The summed E-state index contributed by atoms with van der Waals surface area (Å²) < 4.78 is 0. The summed E-state index contributed by atoms with van der Waals surface area (Å²) in [5, 5.41) is 4.67. The van der Waals surface area contributed by atoms with E-state index in [2.05, 4.69) is 11.4 Å². The summed E-state index contributed by atoms with van der Waals surface area (Å²) in [5.41, 5.74) is 5.93. The SMILES string of the molecule is O=C(Nc1ccc(Cl)cc1-c1ccc2ccc(-c3ccccc3)nc2c1)c1ccccc1. The van der Waals surface area contributed by atoms with Gasteiger partial charge >= 0.3 is 0 Å². The Bertz CT molecular complexity index is 1420. The van der Waals surface area contributed by atoms with Gasteiger partial charge in [-0.1, -0.05) is 78.3 Å². The van der Waals surface area contributed by atoms with Crippen molar-refractivity contribution in [2.24, 2.45) is 0 Å². The lowest BCUT2D eigenvalue weighted by Gasteiger charge is -2.13. The number of carbonyl (C=O) groups is 1. The van der Waals surface area contributed by atoms with E-state index in [4.69, 9.17) is 16.6 Å². The van der Waals surface area contributed by atoms with E-state index in [9.17, 15) is 4.79 Å². The number of aromatic nitrogens is 1. The number of carbonyl (C=O) groups excluding carboxylic acids is 1. The molecule has 0 radical (unpaired) electrons. The van der Waals surface area contributed by atoms with Gasteiger partial charge in [-0.2, -0.15) is 0 Å². The van der Waals surface area contributed by atoms with Crippen molar-refractivity contribution in [3.63, 3.8) is 0 Å². The number of amides is 1. The quantitative estimate of drug-likeness (QED) is 0.318. The molecule has 1 heterocycles. The fourth-order valence-electron chi connectivity index (χ4n) is 3.70. The van der Waals surface area contributed by atoms with Crippen molar-refractivity contribution in [1.29, 1.82) is 0 Å². The zero-order valence-electron chi connectivity index (χ0n) is 17.1. The lowest BCUT2D eigenvalue weighted by atomic mass is 10.0. The van der Waals surface area contributed by atoms with Crippen molar-refractivity contribution in [2.75, 3.05) is 5.32 Å². The standard InChI is InChI=1S/C28H19ClN2O/c29-23-14-16-26(31-28(32)21-9-5-2-6-10-21)24(18-23)22-12-11-20-13-15-25(30-27(20)17-22)19-7-3-1-4-8-19/h1-18H,(H,31,32). The molecular formula is C28H19ClN2O. The molecular weight excluding hydrogens is 416 g/mol. The van der Waals surface area contributed by atoms with Crippen LogP contribution < -0.4 is 5.32 Å². The monoisotopic (exact) mass is 434 g/mol. The highest BCUT2D eigenvalue weighted by Crippen LogP contribution is 2.33. The molecule has 0 saturated heterocycles. The molecule has 1 amide bonds. The highest BCUT2D eigenvalue weighted by Gasteiger charge is 2.12. The van der Waals surface area contributed by atoms with Crippen LogP contribution >= 0.6 is 11.6 Å². The number of halogens is 1. The molecule has 1 N–H and O–H groups in total. The van der Waals surface area contributed by atoms with E-state index >= 15 is 0 Å². The van der Waals surface area contributed by atoms with Gasteiger partial charge in [0, 0.05) is 32.8 Å². The van der Waals surface area contributed by atoms with E-state index < -0.39 is 0 Å². The van der Waals surface area contributed by atoms with Gasteiger partial charge in [-0.15, -0.1) is 0 Å². The summed E-state index contributed by atoms with van der Waals surface area (Å²) in [6.45, 7) is 0. The van der Waals surface area contributed by atoms with Gasteiger partial charge in [0.25, 0.3) is 5.91 Å². The van der Waals surface area contributed by atoms with E-state index in [0.717, 1.165) is 33.3 Å². The molecule has 1 aromatic heterocycles. The van der Waals surface area contributed by atoms with Crippen molar-refractivity contribution >= 4 is 34.1 Å². The van der Waals surface area contributed by atoms with Gasteiger partial charge in [0.05, 0.1) is 11.2 Å². The number of hydrogen-bond acceptors (Lipinski definition) is 2. The highest BCUT2D eigenvalue weighted by molar-refractivity contribution is 6.31. The maximum Gasteiger partial charge on any atom is 0.255 e. The molecule has 0 fully saturated rings. The number of hydrogen-bond donors (Lipinski definition) is 1. The van der Waals surface area contributed by atoms with Crippen LogP contribution in [0, 0.1) is 0 Å². The predicted molar refractivity (Wildman–Crippen MR) is 132 cm³/mol. The smallest absolute Gasteiger partial charge is 0.255 e. The van der Waals surface area contributed by atoms with Gasteiger partial charge in [0.1, 0.15) is 0 Å². The molecule has 0 spiro atoms. The number of nitrogens with zero attached hydrogens (tertiary/aromatic N) is 1. The van der Waals surface area contributed by atoms with Crippen LogP contribution in [0.3, 0.4) is 0 Å². The Morgan fingerprint density at radius 1 is 0.719 bits per heavy atom. The normalized spacial score (nSPS) is 10.8. The second-order valence-electron chi connectivity index (χ2n) is 7.48. The molecule has 0 aliphatic carbocycles. The minimum absolute atomic E-state index is 0.167. The Labute approximate surface area is 191 Å². The fraction of sp³-hybridized carbons (Fsp3) is 0. The van der Waals surface area contributed by atoms with Crippen molar-refractivity contribution in [3.05, 3.63) is 120 Å². The number of pyridine rings is 1. The molecule has 0 bridgehead atoms. The lowest BCUT2D eigenvalue weighted by Crippen LogP contribution is -2.12. The van der Waals surface area contributed by atoms with Crippen LogP contribution in [0.4, 0.5) is 5.69 Å². The number of fused-ring (bicyclic) bond motifs is 1. The van der Waals surface area contributed by atoms with Crippen molar-refractivity contribution in [1.82, 2.24) is 4.98 Å². The van der Waals surface area contributed by atoms with Crippen molar-refractivity contribution in [2.45, 2.75) is 0 Å². The second kappa shape index (κ2) is 8.66. The third kappa shape index (κ3) is 4.11. The number of anilines is 1. The summed E-state index contributed by atoms with van der Waals surface area (Å²) >= 11 is 6.32. The number of benzene rings is 4. The summed E-state index contributed by atoms with van der Waals surface area (Å²) in [7, 11) is 0. The summed E-state index contributed by atoms with van der Waals surface area (Å²) in [5.74, 6) is -0.167. The first-order valence-corrected chi connectivity index (χ1v) is 10.7. The van der Waals surface area contributed by atoms with Crippen LogP contribution in [0.15, 0.2) is 109 Å². The Kier molecular flexibility index (Phi) is 5.40. The summed E-state index contributed by atoms with van der Waals surface area (Å²) in [6, 6.07) is 34.9. The van der Waals surface area contributed by atoms with Gasteiger partial charge in [-0.3, -0.25) is 4.79 Å². The molecule has 0 atom stereocenters. The summed E-state index contributed by atoms with van der Waals surface area (Å²) in [6.07, 6.45) is 0. The van der Waals surface area contributed by atoms with Gasteiger partial charge in [0.15, 0.2) is 0 Å². The maximum atomic E-state index is 12.7. The van der Waals surface area contributed by atoms with Crippen LogP contribution in [0.2, 0.25) is 5.02 Å². The van der Waals surface area contributed by atoms with Crippen molar-refractivity contribution in [3.8, 4) is 22.4 Å². The van der Waals surface area contributed by atoms with Gasteiger partial charge in [-0.25, -0.2) is 4.98 Å². The Hall–Kier alpha value is -3.95. The first-order chi connectivity index (χ1) is 15.7. The molecule has 154 valence electrons.